The van der Waals surface area contributed by atoms with E-state index in [0.29, 0.717) is 24.2 Å². The predicted molar refractivity (Wildman–Crippen MR) is 129 cm³/mol. The molecule has 2 aliphatic rings. The van der Waals surface area contributed by atoms with Gasteiger partial charge in [-0.2, -0.15) is 13.2 Å². The number of methoxy groups -OCH3 is 1. The Balaban J connectivity index is 1.36. The first kappa shape index (κ1) is 24.4. The second kappa shape index (κ2) is 10.0. The van der Waals surface area contributed by atoms with Gasteiger partial charge in [0.05, 0.1) is 24.6 Å². The van der Waals surface area contributed by atoms with E-state index in [1.807, 2.05) is 28.8 Å². The Morgan fingerprint density at radius 2 is 1.89 bits per heavy atom. The SMILES string of the molecule is COc1cc(-c2cnc3cc(OCCN4CCCCC4)ccn23)cc2c1C(=O)N(CC(F)(F)F)CC2. The Hall–Kier alpha value is -3.27. The highest BCUT2D eigenvalue weighted by Crippen LogP contribution is 2.35. The molecule has 0 atom stereocenters. The van der Waals surface area contributed by atoms with Crippen molar-refractivity contribution in [2.24, 2.45) is 0 Å². The molecule has 2 aliphatic heterocycles. The minimum atomic E-state index is -4.45. The monoisotopic (exact) mass is 502 g/mol. The number of imidazole rings is 1. The van der Waals surface area contributed by atoms with E-state index in [9.17, 15) is 18.0 Å². The molecular weight excluding hydrogens is 473 g/mol. The highest BCUT2D eigenvalue weighted by Gasteiger charge is 2.37. The number of hydrogen-bond acceptors (Lipinski definition) is 5. The number of carbonyl (C=O) groups excluding carboxylic acids is 1. The van der Waals surface area contributed by atoms with Crippen LogP contribution in [0.3, 0.4) is 0 Å². The van der Waals surface area contributed by atoms with E-state index in [-0.39, 0.29) is 17.9 Å². The van der Waals surface area contributed by atoms with Gasteiger partial charge < -0.3 is 14.4 Å². The third kappa shape index (κ3) is 5.13. The number of fused-ring (bicyclic) bond motifs is 2. The van der Waals surface area contributed by atoms with Crippen molar-refractivity contribution in [1.82, 2.24) is 19.2 Å². The summed E-state index contributed by atoms with van der Waals surface area (Å²) in [6.07, 6.45) is 3.27. The van der Waals surface area contributed by atoms with Crippen molar-refractivity contribution in [3.8, 4) is 22.8 Å². The molecule has 0 radical (unpaired) electrons. The second-order valence-corrected chi connectivity index (χ2v) is 9.29. The van der Waals surface area contributed by atoms with Crippen LogP contribution < -0.4 is 9.47 Å². The second-order valence-electron chi connectivity index (χ2n) is 9.29. The minimum absolute atomic E-state index is 0.00321. The molecule has 192 valence electrons. The van der Waals surface area contributed by atoms with Crippen LogP contribution in [0.5, 0.6) is 11.5 Å². The van der Waals surface area contributed by atoms with Crippen LogP contribution in [0.25, 0.3) is 16.9 Å². The average molecular weight is 503 g/mol. The van der Waals surface area contributed by atoms with Crippen molar-refractivity contribution in [1.29, 1.82) is 0 Å². The zero-order valence-electron chi connectivity index (χ0n) is 20.2. The molecule has 0 saturated carbocycles. The van der Waals surface area contributed by atoms with Crippen molar-refractivity contribution in [3.05, 3.63) is 47.8 Å². The maximum absolute atomic E-state index is 12.9. The fourth-order valence-electron chi connectivity index (χ4n) is 5.05. The van der Waals surface area contributed by atoms with E-state index >= 15 is 0 Å². The number of halogens is 3. The van der Waals surface area contributed by atoms with Crippen molar-refractivity contribution in [2.75, 3.05) is 46.4 Å². The van der Waals surface area contributed by atoms with Gasteiger partial charge in [-0.15, -0.1) is 0 Å². The van der Waals surface area contributed by atoms with Gasteiger partial charge in [-0.05, 0) is 56.1 Å². The molecule has 5 rings (SSSR count). The van der Waals surface area contributed by atoms with Crippen LogP contribution in [0.2, 0.25) is 0 Å². The summed E-state index contributed by atoms with van der Waals surface area (Å²) in [5.41, 5.74) is 3.13. The Bertz CT molecular complexity index is 1230. The summed E-state index contributed by atoms with van der Waals surface area (Å²) in [5, 5.41) is 0. The number of benzene rings is 1. The maximum Gasteiger partial charge on any atom is 0.406 e. The molecular formula is C26H29F3N4O3. The van der Waals surface area contributed by atoms with Gasteiger partial charge >= 0.3 is 6.18 Å². The average Bonchev–Trinajstić information content (AvgIpc) is 3.28. The van der Waals surface area contributed by atoms with E-state index in [1.54, 1.807) is 12.3 Å². The molecule has 0 N–H and O–H groups in total. The van der Waals surface area contributed by atoms with Gasteiger partial charge in [-0.1, -0.05) is 6.42 Å². The Morgan fingerprint density at radius 1 is 1.08 bits per heavy atom. The molecule has 0 spiro atoms. The summed E-state index contributed by atoms with van der Waals surface area (Å²) in [5.74, 6) is 0.337. The largest absolute Gasteiger partial charge is 0.496 e. The van der Waals surface area contributed by atoms with Gasteiger partial charge in [0, 0.05) is 30.9 Å². The van der Waals surface area contributed by atoms with E-state index in [0.717, 1.165) is 41.5 Å². The molecule has 0 bridgehead atoms. The van der Waals surface area contributed by atoms with Crippen molar-refractivity contribution in [3.63, 3.8) is 0 Å². The van der Waals surface area contributed by atoms with Crippen LogP contribution in [0.1, 0.15) is 35.2 Å². The summed E-state index contributed by atoms with van der Waals surface area (Å²) in [6, 6.07) is 7.30. The highest BCUT2D eigenvalue weighted by molar-refractivity contribution is 6.00. The molecule has 7 nitrogen and oxygen atoms in total. The Morgan fingerprint density at radius 3 is 2.64 bits per heavy atom. The number of ether oxygens (including phenoxy) is 2. The molecule has 3 aromatic rings. The van der Waals surface area contributed by atoms with Gasteiger partial charge in [-0.3, -0.25) is 14.1 Å². The molecule has 4 heterocycles. The number of hydrogen-bond donors (Lipinski definition) is 0. The van der Waals surface area contributed by atoms with Crippen molar-refractivity contribution < 1.29 is 27.4 Å². The quantitative estimate of drug-likeness (QED) is 0.478. The van der Waals surface area contributed by atoms with Gasteiger partial charge in [0.1, 0.15) is 30.3 Å². The molecule has 0 aliphatic carbocycles. The zero-order valence-corrected chi connectivity index (χ0v) is 20.2. The maximum atomic E-state index is 12.9. The minimum Gasteiger partial charge on any atom is -0.496 e. The standard InChI is InChI=1S/C26H29F3N4O3/c1-35-22-14-19(13-18-5-9-32(17-26(27,28)29)25(34)24(18)22)21-16-30-23-15-20(6-10-33(21)23)36-12-11-31-7-3-2-4-8-31/h6,10,13-16H,2-5,7-9,11-12,17H2,1H3. The number of alkyl halides is 3. The summed E-state index contributed by atoms with van der Waals surface area (Å²) >= 11 is 0. The summed E-state index contributed by atoms with van der Waals surface area (Å²) in [6.45, 7) is 2.50. The number of nitrogens with zero attached hydrogens (tertiary/aromatic N) is 4. The van der Waals surface area contributed by atoms with E-state index in [4.69, 9.17) is 9.47 Å². The lowest BCUT2D eigenvalue weighted by molar-refractivity contribution is -0.141. The summed E-state index contributed by atoms with van der Waals surface area (Å²) in [4.78, 5) is 20.6. The van der Waals surface area contributed by atoms with Crippen molar-refractivity contribution in [2.45, 2.75) is 31.9 Å². The zero-order chi connectivity index (χ0) is 25.3. The topological polar surface area (TPSA) is 59.3 Å². The first-order chi connectivity index (χ1) is 17.3. The van der Waals surface area contributed by atoms with Gasteiger partial charge in [0.25, 0.3) is 5.91 Å². The van der Waals surface area contributed by atoms with E-state index < -0.39 is 18.6 Å². The molecule has 10 heteroatoms. The smallest absolute Gasteiger partial charge is 0.406 e. The van der Waals surface area contributed by atoms with Crippen LogP contribution in [-0.2, 0) is 6.42 Å². The lowest BCUT2D eigenvalue weighted by atomic mass is 9.94. The van der Waals surface area contributed by atoms with Gasteiger partial charge in [0.2, 0.25) is 0 Å². The number of rotatable bonds is 7. The molecule has 1 aromatic carbocycles. The number of carbonyl (C=O) groups is 1. The van der Waals surface area contributed by atoms with Gasteiger partial charge in [-0.25, -0.2) is 4.98 Å². The number of pyridine rings is 1. The van der Waals surface area contributed by atoms with Crippen LogP contribution in [-0.4, -0.2) is 77.7 Å². The van der Waals surface area contributed by atoms with E-state index in [2.05, 4.69) is 9.88 Å². The fourth-order valence-corrected chi connectivity index (χ4v) is 5.05. The van der Waals surface area contributed by atoms with Crippen molar-refractivity contribution >= 4 is 11.6 Å². The highest BCUT2D eigenvalue weighted by atomic mass is 19.4. The summed E-state index contributed by atoms with van der Waals surface area (Å²) in [7, 11) is 1.41. The lowest BCUT2D eigenvalue weighted by Crippen LogP contribution is -2.43. The number of piperidine rings is 1. The number of aromatic nitrogens is 2. The number of amides is 1. The molecule has 0 unspecified atom stereocenters. The van der Waals surface area contributed by atoms with Crippen LogP contribution in [0.15, 0.2) is 36.7 Å². The van der Waals surface area contributed by atoms with Crippen LogP contribution in [0, 0.1) is 0 Å². The molecule has 1 fully saturated rings. The molecule has 1 saturated heterocycles. The van der Waals surface area contributed by atoms with Gasteiger partial charge in [0.15, 0.2) is 0 Å². The first-order valence-electron chi connectivity index (χ1n) is 12.2. The predicted octanol–water partition coefficient (Wildman–Crippen LogP) is 4.44. The molecule has 2 aromatic heterocycles. The number of likely N-dealkylation sites (tertiary alicyclic amines) is 1. The normalized spacial score (nSPS) is 16.9. The van der Waals surface area contributed by atoms with Crippen LogP contribution in [0.4, 0.5) is 13.2 Å². The van der Waals surface area contributed by atoms with E-state index in [1.165, 1.54) is 26.4 Å². The molecule has 1 amide bonds. The Labute approximate surface area is 207 Å². The first-order valence-corrected chi connectivity index (χ1v) is 12.2. The summed E-state index contributed by atoms with van der Waals surface area (Å²) < 4.78 is 52.0. The fraction of sp³-hybridized carbons (Fsp3) is 0.462. The third-order valence-corrected chi connectivity index (χ3v) is 6.83. The lowest BCUT2D eigenvalue weighted by Gasteiger charge is -2.30. The third-order valence-electron chi connectivity index (χ3n) is 6.83. The Kier molecular flexibility index (Phi) is 6.79. The van der Waals surface area contributed by atoms with Crippen LogP contribution >= 0.6 is 0 Å². The molecule has 36 heavy (non-hydrogen) atoms.